The van der Waals surface area contributed by atoms with Crippen molar-refractivity contribution in [2.75, 3.05) is 26.2 Å². The Balaban J connectivity index is 2.29. The molecule has 0 aromatic heterocycles. The zero-order valence-electron chi connectivity index (χ0n) is 11.9. The van der Waals surface area contributed by atoms with Gasteiger partial charge in [0.1, 0.15) is 5.75 Å². The minimum absolute atomic E-state index is 0.236. The molecule has 1 saturated heterocycles. The molecule has 1 fully saturated rings. The van der Waals surface area contributed by atoms with Crippen molar-refractivity contribution in [1.29, 1.82) is 0 Å². The second kappa shape index (κ2) is 6.22. The summed E-state index contributed by atoms with van der Waals surface area (Å²) in [6.45, 7) is 12.2. The van der Waals surface area contributed by atoms with E-state index < -0.39 is 0 Å². The smallest absolute Gasteiger partial charge is 0.120 e. The first-order valence-electron chi connectivity index (χ1n) is 6.96. The van der Waals surface area contributed by atoms with Crippen molar-refractivity contribution in [2.24, 2.45) is 0 Å². The Morgan fingerprint density at radius 3 is 2.74 bits per heavy atom. The van der Waals surface area contributed by atoms with Crippen molar-refractivity contribution < 1.29 is 5.11 Å². The van der Waals surface area contributed by atoms with Crippen LogP contribution in [0.25, 0.3) is 0 Å². The van der Waals surface area contributed by atoms with Crippen LogP contribution in [0.15, 0.2) is 30.4 Å². The highest BCUT2D eigenvalue weighted by molar-refractivity contribution is 5.38. The van der Waals surface area contributed by atoms with Crippen molar-refractivity contribution in [3.8, 4) is 5.75 Å². The van der Waals surface area contributed by atoms with E-state index in [-0.39, 0.29) is 6.04 Å². The van der Waals surface area contributed by atoms with Crippen molar-refractivity contribution >= 4 is 0 Å². The van der Waals surface area contributed by atoms with E-state index in [1.54, 1.807) is 6.07 Å². The summed E-state index contributed by atoms with van der Waals surface area (Å²) in [6, 6.07) is 6.09. The highest BCUT2D eigenvalue weighted by Crippen LogP contribution is 2.33. The number of piperazine rings is 1. The molecule has 1 heterocycles. The molecule has 2 rings (SSSR count). The molecule has 104 valence electrons. The van der Waals surface area contributed by atoms with Gasteiger partial charge in [-0.25, -0.2) is 0 Å². The molecular weight excluding hydrogens is 236 g/mol. The van der Waals surface area contributed by atoms with E-state index in [2.05, 4.69) is 36.7 Å². The summed E-state index contributed by atoms with van der Waals surface area (Å²) >= 11 is 0. The summed E-state index contributed by atoms with van der Waals surface area (Å²) in [5, 5.41) is 13.6. The Morgan fingerprint density at radius 2 is 2.11 bits per heavy atom. The molecule has 0 radical (unpaired) electrons. The normalized spacial score (nSPS) is 18.2. The average molecular weight is 260 g/mol. The standard InChI is InChI=1S/C16H24N2O/c1-12(2)10-15(18-8-6-17-7-9-18)14-11-13(3)4-5-16(14)19/h4-5,11,15,17,19H,1,6-10H2,2-3H3/t15-/m0/s1. The highest BCUT2D eigenvalue weighted by atomic mass is 16.3. The van der Waals surface area contributed by atoms with Crippen LogP contribution in [0.4, 0.5) is 0 Å². The van der Waals surface area contributed by atoms with Crippen molar-refractivity contribution in [2.45, 2.75) is 26.3 Å². The fourth-order valence-electron chi connectivity index (χ4n) is 2.70. The molecule has 1 aliphatic heterocycles. The van der Waals surface area contributed by atoms with Crippen molar-refractivity contribution in [3.63, 3.8) is 0 Å². The molecule has 0 spiro atoms. The van der Waals surface area contributed by atoms with E-state index in [0.717, 1.165) is 43.7 Å². The van der Waals surface area contributed by atoms with Crippen LogP contribution >= 0.6 is 0 Å². The summed E-state index contributed by atoms with van der Waals surface area (Å²) < 4.78 is 0. The number of aryl methyl sites for hydroxylation is 1. The van der Waals surface area contributed by atoms with E-state index in [0.29, 0.717) is 5.75 Å². The summed E-state index contributed by atoms with van der Waals surface area (Å²) in [5.41, 5.74) is 3.38. The fourth-order valence-corrected chi connectivity index (χ4v) is 2.70. The maximum absolute atomic E-state index is 10.2. The second-order valence-corrected chi connectivity index (χ2v) is 5.53. The van der Waals surface area contributed by atoms with Crippen molar-refractivity contribution in [1.82, 2.24) is 10.2 Å². The van der Waals surface area contributed by atoms with Crippen LogP contribution in [0.2, 0.25) is 0 Å². The van der Waals surface area contributed by atoms with Crippen LogP contribution in [0.5, 0.6) is 5.75 Å². The average Bonchev–Trinajstić information content (AvgIpc) is 2.40. The monoisotopic (exact) mass is 260 g/mol. The van der Waals surface area contributed by atoms with E-state index in [1.807, 2.05) is 6.07 Å². The number of nitrogens with one attached hydrogen (secondary N) is 1. The summed E-state index contributed by atoms with van der Waals surface area (Å²) in [7, 11) is 0. The number of phenols is 1. The molecule has 0 bridgehead atoms. The topological polar surface area (TPSA) is 35.5 Å². The van der Waals surface area contributed by atoms with E-state index >= 15 is 0 Å². The SMILES string of the molecule is C=C(C)C[C@@H](c1cc(C)ccc1O)N1CCNCC1. The molecule has 19 heavy (non-hydrogen) atoms. The summed E-state index contributed by atoms with van der Waals surface area (Å²) in [4.78, 5) is 2.44. The highest BCUT2D eigenvalue weighted by Gasteiger charge is 2.24. The molecular formula is C16H24N2O. The van der Waals surface area contributed by atoms with Gasteiger partial charge in [0.2, 0.25) is 0 Å². The lowest BCUT2D eigenvalue weighted by molar-refractivity contribution is 0.170. The second-order valence-electron chi connectivity index (χ2n) is 5.53. The van der Waals surface area contributed by atoms with Crippen LogP contribution in [-0.2, 0) is 0 Å². The van der Waals surface area contributed by atoms with Gasteiger partial charge in [-0.15, -0.1) is 6.58 Å². The zero-order chi connectivity index (χ0) is 13.8. The van der Waals surface area contributed by atoms with Gasteiger partial charge in [-0.05, 0) is 26.3 Å². The van der Waals surface area contributed by atoms with E-state index in [1.165, 1.54) is 5.56 Å². The third kappa shape index (κ3) is 3.58. The maximum atomic E-state index is 10.2. The third-order valence-corrected chi connectivity index (χ3v) is 3.68. The Hall–Kier alpha value is -1.32. The molecule has 1 aromatic carbocycles. The molecule has 1 atom stereocenters. The van der Waals surface area contributed by atoms with Gasteiger partial charge in [-0.3, -0.25) is 4.90 Å². The Morgan fingerprint density at radius 1 is 1.42 bits per heavy atom. The first-order valence-corrected chi connectivity index (χ1v) is 6.96. The largest absolute Gasteiger partial charge is 0.508 e. The molecule has 0 aliphatic carbocycles. The molecule has 0 unspecified atom stereocenters. The molecule has 1 aliphatic rings. The van der Waals surface area contributed by atoms with E-state index in [4.69, 9.17) is 0 Å². The quantitative estimate of drug-likeness (QED) is 0.817. The van der Waals surface area contributed by atoms with Gasteiger partial charge in [-0.2, -0.15) is 0 Å². The molecule has 0 amide bonds. The molecule has 3 nitrogen and oxygen atoms in total. The maximum Gasteiger partial charge on any atom is 0.120 e. The number of rotatable bonds is 4. The lowest BCUT2D eigenvalue weighted by Gasteiger charge is -2.35. The van der Waals surface area contributed by atoms with Gasteiger partial charge < -0.3 is 10.4 Å². The van der Waals surface area contributed by atoms with Gasteiger partial charge in [-0.1, -0.05) is 23.3 Å². The van der Waals surface area contributed by atoms with Crippen LogP contribution in [0.1, 0.15) is 30.5 Å². The fraction of sp³-hybridized carbons (Fsp3) is 0.500. The third-order valence-electron chi connectivity index (χ3n) is 3.68. The van der Waals surface area contributed by atoms with Gasteiger partial charge in [0.15, 0.2) is 0 Å². The van der Waals surface area contributed by atoms with Crippen LogP contribution in [0.3, 0.4) is 0 Å². The Bertz CT molecular complexity index is 450. The summed E-state index contributed by atoms with van der Waals surface area (Å²) in [6.07, 6.45) is 0.900. The van der Waals surface area contributed by atoms with E-state index in [9.17, 15) is 5.11 Å². The van der Waals surface area contributed by atoms with Gasteiger partial charge in [0.25, 0.3) is 0 Å². The minimum Gasteiger partial charge on any atom is -0.508 e. The number of aromatic hydroxyl groups is 1. The number of benzene rings is 1. The van der Waals surface area contributed by atoms with Gasteiger partial charge in [0, 0.05) is 37.8 Å². The lowest BCUT2D eigenvalue weighted by Crippen LogP contribution is -2.45. The minimum atomic E-state index is 0.236. The number of phenolic OH excluding ortho intramolecular Hbond substituents is 1. The van der Waals surface area contributed by atoms with Crippen LogP contribution in [-0.4, -0.2) is 36.2 Å². The predicted molar refractivity (Wildman–Crippen MR) is 79.5 cm³/mol. The first-order chi connectivity index (χ1) is 9.08. The van der Waals surface area contributed by atoms with Crippen molar-refractivity contribution in [3.05, 3.63) is 41.5 Å². The Labute approximate surface area is 115 Å². The first kappa shape index (κ1) is 14.1. The Kier molecular flexibility index (Phi) is 4.61. The number of hydrogen-bond donors (Lipinski definition) is 2. The predicted octanol–water partition coefficient (Wildman–Crippen LogP) is 2.61. The lowest BCUT2D eigenvalue weighted by atomic mass is 9.95. The van der Waals surface area contributed by atoms with Gasteiger partial charge >= 0.3 is 0 Å². The van der Waals surface area contributed by atoms with Crippen LogP contribution in [0, 0.1) is 6.92 Å². The molecule has 0 saturated carbocycles. The number of nitrogens with zero attached hydrogens (tertiary/aromatic N) is 1. The van der Waals surface area contributed by atoms with Crippen LogP contribution < -0.4 is 5.32 Å². The summed E-state index contributed by atoms with van der Waals surface area (Å²) in [5.74, 6) is 0.399. The molecule has 2 N–H and O–H groups in total. The number of hydrogen-bond acceptors (Lipinski definition) is 3. The molecule has 3 heteroatoms. The zero-order valence-corrected chi connectivity index (χ0v) is 11.9. The molecule has 1 aromatic rings. The van der Waals surface area contributed by atoms with Gasteiger partial charge in [0.05, 0.1) is 0 Å².